The summed E-state index contributed by atoms with van der Waals surface area (Å²) >= 11 is 0. The molecule has 0 fully saturated rings. The normalized spacial score (nSPS) is 8.38. The molecule has 0 aromatic rings. The predicted molar refractivity (Wildman–Crippen MR) is 29.7 cm³/mol. The zero-order valence-electron chi connectivity index (χ0n) is 4.75. The molecule has 0 aliphatic carbocycles. The van der Waals surface area contributed by atoms with E-state index in [1.165, 1.54) is 6.08 Å². The second-order valence-electron chi connectivity index (χ2n) is 1.34. The summed E-state index contributed by atoms with van der Waals surface area (Å²) in [6, 6.07) is 0. The average Bonchev–Trinajstić information content (AvgIpc) is 1.69. The topological polar surface area (TPSA) is 0 Å². The Morgan fingerprint density at radius 3 is 2.12 bits per heavy atom. The third kappa shape index (κ3) is 1.87. The third-order valence-corrected chi connectivity index (χ3v) is 0.870. The van der Waals surface area contributed by atoms with E-state index in [1.807, 2.05) is 0 Å². The minimum absolute atomic E-state index is 0.0324. The minimum atomic E-state index is -1.62. The van der Waals surface area contributed by atoms with Gasteiger partial charge in [0.1, 0.15) is 0 Å². The maximum absolute atomic E-state index is 11.5. The second-order valence-corrected chi connectivity index (χ2v) is 1.34. The molecule has 0 aromatic heterocycles. The molecule has 0 unspecified atom stereocenters. The highest BCUT2D eigenvalue weighted by molar-refractivity contribution is 5.15. The molecule has 0 aromatic carbocycles. The molecule has 0 spiro atoms. The van der Waals surface area contributed by atoms with Crippen LogP contribution in [-0.4, -0.2) is 0 Å². The summed E-state index contributed by atoms with van der Waals surface area (Å²) in [7, 11) is 0. The van der Waals surface area contributed by atoms with Crippen molar-refractivity contribution >= 4 is 0 Å². The van der Waals surface area contributed by atoms with Crippen LogP contribution in [0.4, 0.5) is 8.78 Å². The molecule has 0 saturated carbocycles. The van der Waals surface area contributed by atoms with Gasteiger partial charge in [0.25, 0.3) is 6.08 Å². The van der Waals surface area contributed by atoms with Crippen molar-refractivity contribution in [2.75, 3.05) is 0 Å². The molecule has 0 aliphatic heterocycles. The van der Waals surface area contributed by atoms with Crippen LogP contribution < -0.4 is 0 Å². The van der Waals surface area contributed by atoms with Crippen molar-refractivity contribution in [2.24, 2.45) is 0 Å². The van der Waals surface area contributed by atoms with E-state index in [0.717, 1.165) is 0 Å². The number of hydrogen-bond acceptors (Lipinski definition) is 0. The molecule has 0 rings (SSSR count). The molecule has 0 heterocycles. The van der Waals surface area contributed by atoms with Gasteiger partial charge in [0.2, 0.25) is 0 Å². The molecule has 0 saturated heterocycles. The lowest BCUT2D eigenvalue weighted by Crippen LogP contribution is -1.73. The fourth-order valence-electron chi connectivity index (χ4n) is 0.355. The summed E-state index contributed by atoms with van der Waals surface area (Å²) in [5.74, 6) is 0. The smallest absolute Gasteiger partial charge is 0.173 e. The zero-order valence-corrected chi connectivity index (χ0v) is 4.75. The Balaban J connectivity index is 4.07. The molecule has 0 atom stereocenters. The fourth-order valence-corrected chi connectivity index (χ4v) is 0.355. The van der Waals surface area contributed by atoms with Crippen molar-refractivity contribution in [1.29, 1.82) is 0 Å². The molecule has 46 valence electrons. The van der Waals surface area contributed by atoms with E-state index < -0.39 is 6.08 Å². The van der Waals surface area contributed by atoms with Crippen molar-refractivity contribution < 1.29 is 8.78 Å². The van der Waals surface area contributed by atoms with Crippen LogP contribution in [0.25, 0.3) is 0 Å². The highest BCUT2D eigenvalue weighted by Crippen LogP contribution is 2.10. The summed E-state index contributed by atoms with van der Waals surface area (Å²) < 4.78 is 23.0. The summed E-state index contributed by atoms with van der Waals surface area (Å²) in [5.41, 5.74) is 0.0324. The van der Waals surface area contributed by atoms with Crippen molar-refractivity contribution in [1.82, 2.24) is 0 Å². The molecule has 0 radical (unpaired) electrons. The van der Waals surface area contributed by atoms with Crippen molar-refractivity contribution in [3.63, 3.8) is 0 Å². The highest BCUT2D eigenvalue weighted by Gasteiger charge is 1.95. The van der Waals surface area contributed by atoms with E-state index in [1.54, 1.807) is 6.92 Å². The molecule has 0 amide bonds. The van der Waals surface area contributed by atoms with E-state index in [4.69, 9.17) is 0 Å². The summed E-state index contributed by atoms with van der Waals surface area (Å²) in [6.45, 7) is 4.88. The first-order valence-corrected chi connectivity index (χ1v) is 2.39. The van der Waals surface area contributed by atoms with Gasteiger partial charge in [-0.25, -0.2) is 0 Å². The number of halogens is 2. The number of rotatable bonds is 2. The lowest BCUT2D eigenvalue weighted by atomic mass is 10.2. The van der Waals surface area contributed by atoms with Gasteiger partial charge in [-0.1, -0.05) is 19.6 Å². The Hall–Kier alpha value is -0.660. The molecular formula is C6H8F2. The molecule has 8 heavy (non-hydrogen) atoms. The van der Waals surface area contributed by atoms with Crippen LogP contribution in [-0.2, 0) is 0 Å². The Morgan fingerprint density at radius 1 is 1.62 bits per heavy atom. The molecule has 0 nitrogen and oxygen atoms in total. The van der Waals surface area contributed by atoms with Crippen molar-refractivity contribution in [3.8, 4) is 0 Å². The SMILES string of the molecule is C=CC(CC)=C(F)F. The van der Waals surface area contributed by atoms with E-state index in [0.29, 0.717) is 6.42 Å². The first kappa shape index (κ1) is 7.34. The molecule has 0 aliphatic rings. The monoisotopic (exact) mass is 118 g/mol. The predicted octanol–water partition coefficient (Wildman–Crippen LogP) is 2.73. The Bertz CT molecular complexity index is 110. The summed E-state index contributed by atoms with van der Waals surface area (Å²) in [5, 5.41) is 0. The van der Waals surface area contributed by atoms with Crippen LogP contribution in [0.5, 0.6) is 0 Å². The average molecular weight is 118 g/mol. The standard InChI is InChI=1S/C6H8F2/c1-3-5(4-2)6(7)8/h3H,1,4H2,2H3. The van der Waals surface area contributed by atoms with Gasteiger partial charge in [-0.05, 0) is 6.42 Å². The Labute approximate surface area is 47.5 Å². The summed E-state index contributed by atoms with van der Waals surface area (Å²) in [4.78, 5) is 0. The van der Waals surface area contributed by atoms with E-state index in [2.05, 4.69) is 6.58 Å². The number of allylic oxidation sites excluding steroid dienone is 2. The third-order valence-electron chi connectivity index (χ3n) is 0.870. The quantitative estimate of drug-likeness (QED) is 0.489. The maximum Gasteiger partial charge on any atom is 0.273 e. The molecule has 0 N–H and O–H groups in total. The van der Waals surface area contributed by atoms with Gasteiger partial charge in [-0.15, -0.1) is 0 Å². The zero-order chi connectivity index (χ0) is 6.57. The van der Waals surface area contributed by atoms with Gasteiger partial charge in [-0.3, -0.25) is 0 Å². The van der Waals surface area contributed by atoms with Crippen LogP contribution in [0.2, 0.25) is 0 Å². The summed E-state index contributed by atoms with van der Waals surface area (Å²) in [6.07, 6.45) is -0.0937. The van der Waals surface area contributed by atoms with Crippen LogP contribution in [0, 0.1) is 0 Å². The van der Waals surface area contributed by atoms with Crippen LogP contribution in [0.15, 0.2) is 24.3 Å². The lowest BCUT2D eigenvalue weighted by Gasteiger charge is -1.89. The highest BCUT2D eigenvalue weighted by atomic mass is 19.3. The Kier molecular flexibility index (Phi) is 3.08. The number of hydrogen-bond donors (Lipinski definition) is 0. The van der Waals surface area contributed by atoms with Gasteiger partial charge < -0.3 is 0 Å². The molecular weight excluding hydrogens is 110 g/mol. The van der Waals surface area contributed by atoms with Crippen LogP contribution in [0.3, 0.4) is 0 Å². The van der Waals surface area contributed by atoms with E-state index >= 15 is 0 Å². The van der Waals surface area contributed by atoms with Crippen LogP contribution in [0.1, 0.15) is 13.3 Å². The van der Waals surface area contributed by atoms with Gasteiger partial charge in [0.05, 0.1) is 0 Å². The van der Waals surface area contributed by atoms with Gasteiger partial charge >= 0.3 is 0 Å². The van der Waals surface area contributed by atoms with Gasteiger partial charge in [-0.2, -0.15) is 8.78 Å². The largest absolute Gasteiger partial charge is 0.273 e. The first-order valence-electron chi connectivity index (χ1n) is 2.39. The Morgan fingerprint density at radius 2 is 2.12 bits per heavy atom. The molecule has 2 heteroatoms. The van der Waals surface area contributed by atoms with Crippen LogP contribution >= 0.6 is 0 Å². The maximum atomic E-state index is 11.5. The van der Waals surface area contributed by atoms with E-state index in [-0.39, 0.29) is 5.57 Å². The molecule has 0 bridgehead atoms. The minimum Gasteiger partial charge on any atom is -0.173 e. The first-order chi connectivity index (χ1) is 3.72. The van der Waals surface area contributed by atoms with Gasteiger partial charge in [0.15, 0.2) is 0 Å². The lowest BCUT2D eigenvalue weighted by molar-refractivity contribution is 0.412. The van der Waals surface area contributed by atoms with Gasteiger partial charge in [0, 0.05) is 5.57 Å². The fraction of sp³-hybridized carbons (Fsp3) is 0.333. The van der Waals surface area contributed by atoms with E-state index in [9.17, 15) is 8.78 Å². The second kappa shape index (κ2) is 3.36. The van der Waals surface area contributed by atoms with Crippen molar-refractivity contribution in [2.45, 2.75) is 13.3 Å². The van der Waals surface area contributed by atoms with Crippen molar-refractivity contribution in [3.05, 3.63) is 24.3 Å².